The molecule has 1 heterocycles. The van der Waals surface area contributed by atoms with Crippen LogP contribution in [0.4, 0.5) is 5.69 Å². The normalized spacial score (nSPS) is 16.9. The van der Waals surface area contributed by atoms with Crippen molar-refractivity contribution < 1.29 is 19.1 Å². The molecule has 1 aliphatic heterocycles. The molecular weight excluding hydrogens is 368 g/mol. The Morgan fingerprint density at radius 1 is 0.931 bits per heavy atom. The minimum atomic E-state index is -0.564. The fourth-order valence-corrected chi connectivity index (χ4v) is 3.15. The standard InChI is InChI=1S/C23H17N2O4/c1-29-17-12-10-16(11-13-17)24-21(26)20(14-15-6-2-3-7-15)25-22(27)18-8-4-5-9-19(18)23(25)28/h2-14H,1H3,(H,24,26)/b20-14-. The van der Waals surface area contributed by atoms with Crippen LogP contribution in [0.5, 0.6) is 5.75 Å². The molecule has 6 heteroatoms. The first-order valence-electron chi connectivity index (χ1n) is 8.95. The molecule has 0 spiro atoms. The number of hydrogen-bond acceptors (Lipinski definition) is 4. The lowest BCUT2D eigenvalue weighted by Crippen LogP contribution is -2.35. The first-order chi connectivity index (χ1) is 14.1. The number of rotatable bonds is 5. The van der Waals surface area contributed by atoms with Crippen LogP contribution in [0.2, 0.25) is 0 Å². The van der Waals surface area contributed by atoms with Crippen molar-refractivity contribution in [1.82, 2.24) is 4.90 Å². The van der Waals surface area contributed by atoms with Gasteiger partial charge in [-0.15, -0.1) is 0 Å². The van der Waals surface area contributed by atoms with Gasteiger partial charge in [-0.25, -0.2) is 4.90 Å². The zero-order valence-corrected chi connectivity index (χ0v) is 15.6. The lowest BCUT2D eigenvalue weighted by atomic mass is 10.1. The summed E-state index contributed by atoms with van der Waals surface area (Å²) < 4.78 is 5.12. The third kappa shape index (κ3) is 3.66. The number of carbonyl (C=O) groups excluding carboxylic acids is 3. The maximum atomic E-state index is 13.1. The average Bonchev–Trinajstić information content (AvgIpc) is 3.34. The number of nitrogens with one attached hydrogen (secondary N) is 1. The van der Waals surface area contributed by atoms with Gasteiger partial charge in [-0.05, 0) is 68.2 Å². The van der Waals surface area contributed by atoms with Gasteiger partial charge >= 0.3 is 0 Å². The Hall–Kier alpha value is -3.41. The highest BCUT2D eigenvalue weighted by Gasteiger charge is 2.40. The molecule has 143 valence electrons. The van der Waals surface area contributed by atoms with Gasteiger partial charge in [0.1, 0.15) is 11.4 Å². The zero-order chi connectivity index (χ0) is 20.4. The van der Waals surface area contributed by atoms with Crippen LogP contribution in [0.3, 0.4) is 0 Å². The number of imide groups is 1. The van der Waals surface area contributed by atoms with E-state index >= 15 is 0 Å². The molecule has 1 N–H and O–H groups in total. The van der Waals surface area contributed by atoms with Crippen molar-refractivity contribution in [3.63, 3.8) is 0 Å². The number of benzene rings is 2. The number of fused-ring (bicyclic) bond motifs is 1. The van der Waals surface area contributed by atoms with Gasteiger partial charge in [0.2, 0.25) is 0 Å². The molecule has 6 nitrogen and oxygen atoms in total. The quantitative estimate of drug-likeness (QED) is 0.633. The zero-order valence-electron chi connectivity index (χ0n) is 15.6. The molecule has 2 aliphatic rings. The Morgan fingerprint density at radius 2 is 1.52 bits per heavy atom. The summed E-state index contributed by atoms with van der Waals surface area (Å²) in [5.74, 6) is -0.246. The van der Waals surface area contributed by atoms with Crippen molar-refractivity contribution >= 4 is 23.4 Å². The van der Waals surface area contributed by atoms with Crippen LogP contribution >= 0.6 is 0 Å². The summed E-state index contributed by atoms with van der Waals surface area (Å²) in [6.07, 6.45) is 8.73. The van der Waals surface area contributed by atoms with Gasteiger partial charge in [-0.1, -0.05) is 12.1 Å². The van der Waals surface area contributed by atoms with Gasteiger partial charge in [0.25, 0.3) is 17.7 Å². The highest BCUT2D eigenvalue weighted by atomic mass is 16.5. The van der Waals surface area contributed by atoms with E-state index in [9.17, 15) is 14.4 Å². The average molecular weight is 385 g/mol. The van der Waals surface area contributed by atoms with E-state index < -0.39 is 17.7 Å². The molecule has 4 rings (SSSR count). The molecule has 0 aromatic heterocycles. The van der Waals surface area contributed by atoms with Crippen LogP contribution in [-0.2, 0) is 4.79 Å². The van der Waals surface area contributed by atoms with E-state index in [1.54, 1.807) is 68.5 Å². The Balaban J connectivity index is 1.66. The Labute approximate surface area is 169 Å². The molecule has 2 aromatic carbocycles. The number of allylic oxidation sites excluding steroid dienone is 1. The molecule has 1 saturated carbocycles. The van der Waals surface area contributed by atoms with E-state index in [1.165, 1.54) is 6.08 Å². The van der Waals surface area contributed by atoms with Crippen molar-refractivity contribution in [2.45, 2.75) is 0 Å². The molecule has 0 unspecified atom stereocenters. The largest absolute Gasteiger partial charge is 0.497 e. The molecule has 2 aromatic rings. The molecular formula is C23H17N2O4. The fourth-order valence-electron chi connectivity index (χ4n) is 3.15. The third-order valence-electron chi connectivity index (χ3n) is 4.61. The van der Waals surface area contributed by atoms with Crippen molar-refractivity contribution in [3.05, 3.63) is 103 Å². The van der Waals surface area contributed by atoms with Gasteiger partial charge in [-0.3, -0.25) is 14.4 Å². The highest BCUT2D eigenvalue weighted by Crippen LogP contribution is 2.31. The number of anilines is 1. The lowest BCUT2D eigenvalue weighted by Gasteiger charge is -2.19. The van der Waals surface area contributed by atoms with E-state index in [1.807, 2.05) is 12.8 Å². The Kier molecular flexibility index (Phi) is 5.16. The number of nitrogens with zero attached hydrogens (tertiary/aromatic N) is 1. The number of methoxy groups -OCH3 is 1. The van der Waals surface area contributed by atoms with Gasteiger partial charge < -0.3 is 10.1 Å². The second-order valence-corrected chi connectivity index (χ2v) is 6.42. The lowest BCUT2D eigenvalue weighted by molar-refractivity contribution is -0.113. The van der Waals surface area contributed by atoms with E-state index in [4.69, 9.17) is 4.74 Å². The van der Waals surface area contributed by atoms with Crippen LogP contribution in [0.25, 0.3) is 0 Å². The van der Waals surface area contributed by atoms with E-state index in [2.05, 4.69) is 5.32 Å². The van der Waals surface area contributed by atoms with Gasteiger partial charge in [0.15, 0.2) is 0 Å². The Bertz CT molecular complexity index is 953. The predicted molar refractivity (Wildman–Crippen MR) is 107 cm³/mol. The monoisotopic (exact) mass is 385 g/mol. The molecule has 0 bridgehead atoms. The third-order valence-corrected chi connectivity index (χ3v) is 4.61. The van der Waals surface area contributed by atoms with E-state index in [0.717, 1.165) is 4.90 Å². The molecule has 5 radical (unpaired) electrons. The summed E-state index contributed by atoms with van der Waals surface area (Å²) >= 11 is 0. The van der Waals surface area contributed by atoms with Gasteiger partial charge in [-0.2, -0.15) is 0 Å². The molecule has 0 atom stereocenters. The second-order valence-electron chi connectivity index (χ2n) is 6.42. The Morgan fingerprint density at radius 3 is 2.07 bits per heavy atom. The summed E-state index contributed by atoms with van der Waals surface area (Å²) in [4.78, 5) is 39.8. The van der Waals surface area contributed by atoms with Crippen LogP contribution in [-0.4, -0.2) is 29.7 Å². The number of carbonyl (C=O) groups is 3. The van der Waals surface area contributed by atoms with Crippen molar-refractivity contribution in [2.75, 3.05) is 12.4 Å². The predicted octanol–water partition coefficient (Wildman–Crippen LogP) is 3.22. The van der Waals surface area contributed by atoms with Gasteiger partial charge in [0, 0.05) is 11.6 Å². The first-order valence-corrected chi connectivity index (χ1v) is 8.95. The SMILES string of the molecule is COc1ccc(NC(=O)/C(=C/[C]2[CH][CH][CH][CH]2)N2C(=O)c3ccccc3C2=O)cc1. The van der Waals surface area contributed by atoms with E-state index in [-0.39, 0.29) is 16.8 Å². The highest BCUT2D eigenvalue weighted by molar-refractivity contribution is 6.25. The van der Waals surface area contributed by atoms with Crippen LogP contribution in [0, 0.1) is 31.6 Å². The molecule has 29 heavy (non-hydrogen) atoms. The van der Waals surface area contributed by atoms with Crippen LogP contribution in [0.1, 0.15) is 20.7 Å². The summed E-state index contributed by atoms with van der Waals surface area (Å²) in [5, 5.41) is 2.74. The minimum absolute atomic E-state index is 0.0433. The number of amides is 3. The molecule has 1 aliphatic carbocycles. The molecule has 0 saturated heterocycles. The summed E-state index contributed by atoms with van der Waals surface area (Å²) in [5.41, 5.74) is 1.03. The topological polar surface area (TPSA) is 75.7 Å². The van der Waals surface area contributed by atoms with Crippen molar-refractivity contribution in [2.24, 2.45) is 0 Å². The summed E-state index contributed by atoms with van der Waals surface area (Å²) in [6, 6.07) is 13.3. The summed E-state index contributed by atoms with van der Waals surface area (Å²) in [6.45, 7) is 0. The second kappa shape index (κ2) is 7.91. The molecule has 3 amide bonds. The van der Waals surface area contributed by atoms with Crippen molar-refractivity contribution in [3.8, 4) is 5.75 Å². The smallest absolute Gasteiger partial charge is 0.272 e. The summed E-state index contributed by atoms with van der Waals surface area (Å²) in [7, 11) is 1.55. The number of hydrogen-bond donors (Lipinski definition) is 1. The maximum Gasteiger partial charge on any atom is 0.272 e. The molecule has 1 fully saturated rings. The van der Waals surface area contributed by atoms with E-state index in [0.29, 0.717) is 17.4 Å². The first kappa shape index (κ1) is 18.9. The van der Waals surface area contributed by atoms with Crippen molar-refractivity contribution in [1.29, 1.82) is 0 Å². The maximum absolute atomic E-state index is 13.1. The fraction of sp³-hybridized carbons (Fsp3) is 0.0435. The van der Waals surface area contributed by atoms with Crippen LogP contribution < -0.4 is 10.1 Å². The number of ether oxygens (including phenoxy) is 1. The van der Waals surface area contributed by atoms with Crippen LogP contribution in [0.15, 0.2) is 60.3 Å². The van der Waals surface area contributed by atoms with Gasteiger partial charge in [0.05, 0.1) is 18.2 Å². The minimum Gasteiger partial charge on any atom is -0.497 e.